The van der Waals surface area contributed by atoms with Crippen molar-refractivity contribution in [3.8, 4) is 0 Å². The summed E-state index contributed by atoms with van der Waals surface area (Å²) in [6.07, 6.45) is 0. The molecule has 1 N–H and O–H groups in total. The first-order valence-electron chi connectivity index (χ1n) is 6.52. The summed E-state index contributed by atoms with van der Waals surface area (Å²) in [4.78, 5) is 3.98. The highest BCUT2D eigenvalue weighted by Crippen LogP contribution is 2.00. The summed E-state index contributed by atoms with van der Waals surface area (Å²) in [6, 6.07) is 0. The second-order valence-corrected chi connectivity index (χ2v) is 5.47. The van der Waals surface area contributed by atoms with E-state index in [1.54, 1.807) is 0 Å². The Kier molecular flexibility index (Phi) is 9.16. The van der Waals surface area contributed by atoms with Crippen LogP contribution >= 0.6 is 24.4 Å². The van der Waals surface area contributed by atoms with Crippen LogP contribution in [-0.2, 0) is 0 Å². The Morgan fingerprint density at radius 3 is 1.79 bits per heavy atom. The topological polar surface area (TPSA) is 25.0 Å². The summed E-state index contributed by atoms with van der Waals surface area (Å²) in [5.41, 5.74) is 0. The van der Waals surface area contributed by atoms with Crippen LogP contribution in [0.4, 0.5) is 0 Å². The third kappa shape index (κ3) is 7.00. The number of nitrogens with one attached hydrogen (secondary N) is 1. The minimum atomic E-state index is 0.631. The van der Waals surface area contributed by atoms with E-state index in [0.29, 0.717) is 10.2 Å². The highest BCUT2D eigenvalue weighted by atomic mass is 32.1. The molecule has 0 radical (unpaired) electrons. The lowest BCUT2D eigenvalue weighted by atomic mass is 10.5. The van der Waals surface area contributed by atoms with Crippen LogP contribution < -0.4 is 5.32 Å². The summed E-state index contributed by atoms with van der Waals surface area (Å²) >= 11 is 10.7. The van der Waals surface area contributed by atoms with Crippen molar-refractivity contribution in [3.63, 3.8) is 0 Å². The van der Waals surface area contributed by atoms with Gasteiger partial charge in [0.1, 0.15) is 0 Å². The van der Waals surface area contributed by atoms with E-state index in [0.717, 1.165) is 26.2 Å². The van der Waals surface area contributed by atoms with Gasteiger partial charge in [0.2, 0.25) is 0 Å². The third-order valence-corrected chi connectivity index (χ3v) is 3.46. The number of hydrogen-bond donors (Lipinski definition) is 1. The maximum absolute atomic E-state index is 5.47. The summed E-state index contributed by atoms with van der Waals surface area (Å²) in [5.74, 6) is 0. The highest BCUT2D eigenvalue weighted by Gasteiger charge is 2.17. The monoisotopic (exact) mass is 305 g/mol. The molecular formula is C12H27N5S2. The lowest BCUT2D eigenvalue weighted by Gasteiger charge is -2.36. The summed E-state index contributed by atoms with van der Waals surface area (Å²) in [5, 5.41) is 8.69. The highest BCUT2D eigenvalue weighted by molar-refractivity contribution is 7.81. The molecule has 5 nitrogen and oxygen atoms in total. The van der Waals surface area contributed by atoms with Crippen molar-refractivity contribution in [1.82, 2.24) is 25.1 Å². The fourth-order valence-corrected chi connectivity index (χ4v) is 1.96. The van der Waals surface area contributed by atoms with E-state index < -0.39 is 0 Å². The summed E-state index contributed by atoms with van der Waals surface area (Å²) in [7, 11) is 7.92. The molecule has 0 atom stereocenters. The van der Waals surface area contributed by atoms with Crippen LogP contribution in [0.2, 0.25) is 0 Å². The lowest BCUT2D eigenvalue weighted by Crippen LogP contribution is -2.55. The van der Waals surface area contributed by atoms with Crippen LogP contribution in [0, 0.1) is 0 Å². The van der Waals surface area contributed by atoms with Gasteiger partial charge in [0, 0.05) is 40.3 Å². The van der Waals surface area contributed by atoms with Gasteiger partial charge in [0.05, 0.1) is 0 Å². The number of hydrogen-bond acceptors (Lipinski definition) is 4. The zero-order valence-electron chi connectivity index (χ0n) is 12.9. The molecule has 0 aliphatic heterocycles. The molecule has 0 heterocycles. The molecule has 0 unspecified atom stereocenters. The van der Waals surface area contributed by atoms with Crippen molar-refractivity contribution in [2.45, 2.75) is 13.8 Å². The quantitative estimate of drug-likeness (QED) is 0.573. The van der Waals surface area contributed by atoms with Crippen LogP contribution in [0.5, 0.6) is 0 Å². The summed E-state index contributed by atoms with van der Waals surface area (Å²) < 4.78 is 0. The smallest absolute Gasteiger partial charge is 0.189 e. The van der Waals surface area contributed by atoms with E-state index in [2.05, 4.69) is 48.2 Å². The van der Waals surface area contributed by atoms with Crippen LogP contribution in [0.15, 0.2) is 0 Å². The molecule has 19 heavy (non-hydrogen) atoms. The summed E-state index contributed by atoms with van der Waals surface area (Å²) in [6.45, 7) is 7.86. The first-order chi connectivity index (χ1) is 8.83. The molecule has 0 aliphatic carbocycles. The molecule has 0 aromatic rings. The second-order valence-electron chi connectivity index (χ2n) is 4.70. The van der Waals surface area contributed by atoms with E-state index in [4.69, 9.17) is 24.4 Å². The van der Waals surface area contributed by atoms with Crippen LogP contribution in [0.25, 0.3) is 0 Å². The SMILES string of the molecule is CCN(CC)N(CCN(C)C)C(=S)NC(=S)N(C)C. The first kappa shape index (κ1) is 18.5. The molecular weight excluding hydrogens is 278 g/mol. The molecule has 0 aromatic carbocycles. The van der Waals surface area contributed by atoms with Crippen LogP contribution in [0.1, 0.15) is 13.8 Å². The number of rotatable bonds is 6. The van der Waals surface area contributed by atoms with Crippen LogP contribution in [0.3, 0.4) is 0 Å². The van der Waals surface area contributed by atoms with Gasteiger partial charge in [-0.05, 0) is 38.5 Å². The minimum Gasteiger partial charge on any atom is -0.355 e. The molecule has 0 rings (SSSR count). The van der Waals surface area contributed by atoms with E-state index in [-0.39, 0.29) is 0 Å². The standard InChI is InChI=1S/C12H27N5S2/c1-7-16(8-2)17(10-9-14(3)4)12(19)13-11(18)15(5)6/h7-10H2,1-6H3,(H,13,18,19). The van der Waals surface area contributed by atoms with Gasteiger partial charge in [-0.25, -0.2) is 5.01 Å². The second kappa shape index (κ2) is 9.41. The average molecular weight is 306 g/mol. The molecule has 0 saturated carbocycles. The largest absolute Gasteiger partial charge is 0.355 e. The number of hydrazine groups is 1. The zero-order valence-corrected chi connectivity index (χ0v) is 14.6. The molecule has 7 heteroatoms. The Morgan fingerprint density at radius 1 is 0.895 bits per heavy atom. The normalized spacial score (nSPS) is 10.7. The number of nitrogens with zero attached hydrogens (tertiary/aromatic N) is 4. The van der Waals surface area contributed by atoms with Crippen LogP contribution in [-0.4, -0.2) is 84.4 Å². The third-order valence-electron chi connectivity index (χ3n) is 2.68. The Hall–Kier alpha value is -0.500. The van der Waals surface area contributed by atoms with E-state index >= 15 is 0 Å². The average Bonchev–Trinajstić information content (AvgIpc) is 2.33. The van der Waals surface area contributed by atoms with Gasteiger partial charge < -0.3 is 15.1 Å². The van der Waals surface area contributed by atoms with Crippen molar-refractivity contribution >= 4 is 34.7 Å². The fourth-order valence-electron chi connectivity index (χ4n) is 1.50. The Bertz CT molecular complexity index is 290. The molecule has 0 saturated heterocycles. The molecule has 0 bridgehead atoms. The Labute approximate surface area is 128 Å². The number of likely N-dealkylation sites (N-methyl/N-ethyl adjacent to an activating group) is 1. The first-order valence-corrected chi connectivity index (χ1v) is 7.34. The predicted octanol–water partition coefficient (Wildman–Crippen LogP) is 0.828. The van der Waals surface area contributed by atoms with Crippen molar-refractivity contribution in [2.75, 3.05) is 54.4 Å². The van der Waals surface area contributed by atoms with Crippen molar-refractivity contribution in [3.05, 3.63) is 0 Å². The van der Waals surface area contributed by atoms with Gasteiger partial charge in [-0.15, -0.1) is 0 Å². The molecule has 112 valence electrons. The van der Waals surface area contributed by atoms with Crippen molar-refractivity contribution < 1.29 is 0 Å². The van der Waals surface area contributed by atoms with Gasteiger partial charge in [-0.2, -0.15) is 0 Å². The Balaban J connectivity index is 4.71. The van der Waals surface area contributed by atoms with Gasteiger partial charge in [-0.1, -0.05) is 13.8 Å². The van der Waals surface area contributed by atoms with E-state index in [1.165, 1.54) is 0 Å². The molecule has 0 spiro atoms. The molecule has 0 aliphatic rings. The van der Waals surface area contributed by atoms with E-state index in [9.17, 15) is 0 Å². The minimum absolute atomic E-state index is 0.631. The number of thiocarbonyl (C=S) groups is 2. The predicted molar refractivity (Wildman–Crippen MR) is 90.2 cm³/mol. The molecule has 0 fully saturated rings. The van der Waals surface area contributed by atoms with Gasteiger partial charge >= 0.3 is 0 Å². The van der Waals surface area contributed by atoms with Gasteiger partial charge in [0.25, 0.3) is 0 Å². The molecule has 0 amide bonds. The van der Waals surface area contributed by atoms with E-state index in [1.807, 2.05) is 19.0 Å². The zero-order chi connectivity index (χ0) is 15.0. The molecule has 0 aromatic heterocycles. The van der Waals surface area contributed by atoms with Gasteiger partial charge in [-0.3, -0.25) is 5.01 Å². The van der Waals surface area contributed by atoms with Crippen molar-refractivity contribution in [2.24, 2.45) is 0 Å². The van der Waals surface area contributed by atoms with Crippen molar-refractivity contribution in [1.29, 1.82) is 0 Å². The Morgan fingerprint density at radius 2 is 1.42 bits per heavy atom. The maximum Gasteiger partial charge on any atom is 0.189 e. The lowest BCUT2D eigenvalue weighted by molar-refractivity contribution is 0.0513. The maximum atomic E-state index is 5.47. The fraction of sp³-hybridized carbons (Fsp3) is 0.833. The van der Waals surface area contributed by atoms with Gasteiger partial charge in [0.15, 0.2) is 10.2 Å².